The largest absolute Gasteiger partial charge is 0.389 e. The summed E-state index contributed by atoms with van der Waals surface area (Å²) in [5, 5.41) is 2.85. The normalized spacial score (nSPS) is 10.1. The standard InChI is InChI=1S/C13H18N2O2S/c1-17-9-3-2-8-15-13(16)11-6-4-10(5-7-11)12(14)18/h4-7H,2-3,8-9H2,1H3,(H2,14,18)(H,15,16). The van der Waals surface area contributed by atoms with Crippen LogP contribution in [0.2, 0.25) is 0 Å². The molecule has 0 saturated carbocycles. The Bertz CT molecular complexity index is 404. The molecule has 0 aromatic heterocycles. The molecule has 0 radical (unpaired) electrons. The van der Waals surface area contributed by atoms with Gasteiger partial charge in [0.05, 0.1) is 0 Å². The van der Waals surface area contributed by atoms with Gasteiger partial charge in [0.1, 0.15) is 4.99 Å². The molecular weight excluding hydrogens is 248 g/mol. The maximum absolute atomic E-state index is 11.8. The van der Waals surface area contributed by atoms with Gasteiger partial charge < -0.3 is 15.8 Å². The first-order valence-electron chi connectivity index (χ1n) is 5.82. The van der Waals surface area contributed by atoms with Crippen LogP contribution in [0.1, 0.15) is 28.8 Å². The lowest BCUT2D eigenvalue weighted by Crippen LogP contribution is -2.24. The summed E-state index contributed by atoms with van der Waals surface area (Å²) in [4.78, 5) is 12.1. The third-order valence-corrected chi connectivity index (χ3v) is 2.73. The van der Waals surface area contributed by atoms with Gasteiger partial charge in [-0.2, -0.15) is 0 Å². The van der Waals surface area contributed by atoms with Crippen LogP contribution >= 0.6 is 12.2 Å². The molecule has 0 heterocycles. The van der Waals surface area contributed by atoms with E-state index in [1.54, 1.807) is 31.4 Å². The van der Waals surface area contributed by atoms with Gasteiger partial charge >= 0.3 is 0 Å². The van der Waals surface area contributed by atoms with Gasteiger partial charge in [-0.1, -0.05) is 24.4 Å². The number of methoxy groups -OCH3 is 1. The molecule has 0 aliphatic carbocycles. The number of carbonyl (C=O) groups excluding carboxylic acids is 1. The van der Waals surface area contributed by atoms with Crippen molar-refractivity contribution in [2.75, 3.05) is 20.3 Å². The predicted molar refractivity (Wildman–Crippen MR) is 75.8 cm³/mol. The summed E-state index contributed by atoms with van der Waals surface area (Å²) < 4.78 is 4.93. The first-order valence-corrected chi connectivity index (χ1v) is 6.23. The molecular formula is C13H18N2O2S. The van der Waals surface area contributed by atoms with Crippen molar-refractivity contribution in [3.63, 3.8) is 0 Å². The average Bonchev–Trinajstić information content (AvgIpc) is 2.38. The SMILES string of the molecule is COCCCCNC(=O)c1ccc(C(N)=S)cc1. The molecule has 18 heavy (non-hydrogen) atoms. The maximum Gasteiger partial charge on any atom is 0.251 e. The van der Waals surface area contributed by atoms with Crippen LogP contribution in [0.5, 0.6) is 0 Å². The molecule has 0 unspecified atom stereocenters. The van der Waals surface area contributed by atoms with Crippen molar-refractivity contribution >= 4 is 23.1 Å². The monoisotopic (exact) mass is 266 g/mol. The molecule has 5 heteroatoms. The highest BCUT2D eigenvalue weighted by atomic mass is 32.1. The smallest absolute Gasteiger partial charge is 0.251 e. The first-order chi connectivity index (χ1) is 8.65. The Kier molecular flexibility index (Phi) is 6.32. The van der Waals surface area contributed by atoms with E-state index in [2.05, 4.69) is 5.32 Å². The van der Waals surface area contributed by atoms with Gasteiger partial charge in [0.15, 0.2) is 0 Å². The second-order valence-electron chi connectivity index (χ2n) is 3.90. The van der Waals surface area contributed by atoms with Crippen LogP contribution in [-0.2, 0) is 4.74 Å². The molecule has 0 atom stereocenters. The Morgan fingerprint density at radius 1 is 1.28 bits per heavy atom. The summed E-state index contributed by atoms with van der Waals surface area (Å²) in [6, 6.07) is 6.95. The highest BCUT2D eigenvalue weighted by Crippen LogP contribution is 2.04. The van der Waals surface area contributed by atoms with Gasteiger partial charge in [0, 0.05) is 31.4 Å². The second kappa shape index (κ2) is 7.79. The molecule has 1 amide bonds. The molecule has 3 N–H and O–H groups in total. The highest BCUT2D eigenvalue weighted by Gasteiger charge is 2.04. The molecule has 1 aromatic carbocycles. The number of carbonyl (C=O) groups is 1. The van der Waals surface area contributed by atoms with Crippen molar-refractivity contribution in [2.24, 2.45) is 5.73 Å². The van der Waals surface area contributed by atoms with Crippen LogP contribution < -0.4 is 11.1 Å². The van der Waals surface area contributed by atoms with Crippen molar-refractivity contribution < 1.29 is 9.53 Å². The predicted octanol–water partition coefficient (Wildman–Crippen LogP) is 1.48. The lowest BCUT2D eigenvalue weighted by Gasteiger charge is -2.05. The number of amides is 1. The average molecular weight is 266 g/mol. The van der Waals surface area contributed by atoms with Crippen molar-refractivity contribution in [2.45, 2.75) is 12.8 Å². The Labute approximate surface area is 113 Å². The lowest BCUT2D eigenvalue weighted by atomic mass is 10.1. The van der Waals surface area contributed by atoms with Gasteiger partial charge in [0.2, 0.25) is 0 Å². The summed E-state index contributed by atoms with van der Waals surface area (Å²) in [6.07, 6.45) is 1.85. The highest BCUT2D eigenvalue weighted by molar-refractivity contribution is 7.80. The number of hydrogen-bond donors (Lipinski definition) is 2. The number of thiocarbonyl (C=S) groups is 1. The Morgan fingerprint density at radius 2 is 1.89 bits per heavy atom. The van der Waals surface area contributed by atoms with E-state index in [9.17, 15) is 4.79 Å². The van der Waals surface area contributed by atoms with Gasteiger partial charge in [0.25, 0.3) is 5.91 Å². The topological polar surface area (TPSA) is 64.3 Å². The van der Waals surface area contributed by atoms with E-state index in [1.165, 1.54) is 0 Å². The minimum atomic E-state index is -0.0816. The summed E-state index contributed by atoms with van der Waals surface area (Å²) in [5.74, 6) is -0.0816. The Morgan fingerprint density at radius 3 is 2.44 bits per heavy atom. The van der Waals surface area contributed by atoms with Crippen LogP contribution in [0, 0.1) is 0 Å². The minimum Gasteiger partial charge on any atom is -0.389 e. The molecule has 0 saturated heterocycles. The van der Waals surface area contributed by atoms with Crippen LogP contribution in [0.25, 0.3) is 0 Å². The van der Waals surface area contributed by atoms with Crippen LogP contribution in [-0.4, -0.2) is 31.2 Å². The number of ether oxygens (including phenoxy) is 1. The zero-order chi connectivity index (χ0) is 13.4. The third kappa shape index (κ3) is 4.81. The first kappa shape index (κ1) is 14.6. The van der Waals surface area contributed by atoms with Crippen LogP contribution in [0.15, 0.2) is 24.3 Å². The van der Waals surface area contributed by atoms with E-state index in [-0.39, 0.29) is 5.91 Å². The number of nitrogens with two attached hydrogens (primary N) is 1. The lowest BCUT2D eigenvalue weighted by molar-refractivity contribution is 0.0951. The van der Waals surface area contributed by atoms with Crippen LogP contribution in [0.3, 0.4) is 0 Å². The quantitative estimate of drug-likeness (QED) is 0.579. The molecule has 0 aliphatic heterocycles. The second-order valence-corrected chi connectivity index (χ2v) is 4.34. The number of unbranched alkanes of at least 4 members (excludes halogenated alkanes) is 1. The molecule has 4 nitrogen and oxygen atoms in total. The molecule has 0 bridgehead atoms. The fourth-order valence-electron chi connectivity index (χ4n) is 1.46. The van der Waals surface area contributed by atoms with E-state index in [4.69, 9.17) is 22.7 Å². The summed E-state index contributed by atoms with van der Waals surface area (Å²) in [6.45, 7) is 1.37. The van der Waals surface area contributed by atoms with E-state index in [0.29, 0.717) is 17.1 Å². The summed E-state index contributed by atoms with van der Waals surface area (Å²) >= 11 is 4.85. The van der Waals surface area contributed by atoms with Gasteiger partial charge in [-0.15, -0.1) is 0 Å². The molecule has 0 fully saturated rings. The minimum absolute atomic E-state index is 0.0816. The number of benzene rings is 1. The van der Waals surface area contributed by atoms with E-state index in [1.807, 2.05) is 0 Å². The van der Waals surface area contributed by atoms with E-state index < -0.39 is 0 Å². The van der Waals surface area contributed by atoms with Gasteiger partial charge in [-0.3, -0.25) is 4.79 Å². The van der Waals surface area contributed by atoms with E-state index >= 15 is 0 Å². The zero-order valence-corrected chi connectivity index (χ0v) is 11.3. The van der Waals surface area contributed by atoms with Gasteiger partial charge in [-0.05, 0) is 25.0 Å². The fourth-order valence-corrected chi connectivity index (χ4v) is 1.60. The number of rotatable bonds is 7. The Hall–Kier alpha value is -1.46. The third-order valence-electron chi connectivity index (χ3n) is 2.49. The molecule has 1 rings (SSSR count). The molecule has 0 aliphatic rings. The van der Waals surface area contributed by atoms with Crippen LogP contribution in [0.4, 0.5) is 0 Å². The van der Waals surface area contributed by atoms with Gasteiger partial charge in [-0.25, -0.2) is 0 Å². The summed E-state index contributed by atoms with van der Waals surface area (Å²) in [5.41, 5.74) is 6.86. The van der Waals surface area contributed by atoms with Crippen molar-refractivity contribution in [3.8, 4) is 0 Å². The zero-order valence-electron chi connectivity index (χ0n) is 10.4. The Balaban J connectivity index is 2.39. The molecule has 0 spiro atoms. The maximum atomic E-state index is 11.8. The van der Waals surface area contributed by atoms with Crippen molar-refractivity contribution in [1.29, 1.82) is 0 Å². The number of nitrogens with one attached hydrogen (secondary N) is 1. The van der Waals surface area contributed by atoms with Crippen molar-refractivity contribution in [1.82, 2.24) is 5.32 Å². The number of hydrogen-bond acceptors (Lipinski definition) is 3. The van der Waals surface area contributed by atoms with Crippen molar-refractivity contribution in [3.05, 3.63) is 35.4 Å². The molecule has 98 valence electrons. The van der Waals surface area contributed by atoms with E-state index in [0.717, 1.165) is 25.0 Å². The fraction of sp³-hybridized carbons (Fsp3) is 0.385. The molecule has 1 aromatic rings. The summed E-state index contributed by atoms with van der Waals surface area (Å²) in [7, 11) is 1.67.